The van der Waals surface area contributed by atoms with Crippen molar-refractivity contribution in [2.24, 2.45) is 4.99 Å². The van der Waals surface area contributed by atoms with Crippen LogP contribution >= 0.6 is 11.8 Å². The summed E-state index contributed by atoms with van der Waals surface area (Å²) < 4.78 is 5.59. The van der Waals surface area contributed by atoms with Gasteiger partial charge in [-0.3, -0.25) is 4.79 Å². The second kappa shape index (κ2) is 7.65. The van der Waals surface area contributed by atoms with Crippen molar-refractivity contribution in [3.05, 3.63) is 88.8 Å². The van der Waals surface area contributed by atoms with Crippen LogP contribution in [0.4, 0.5) is 10.5 Å². The molecule has 6 heteroatoms. The van der Waals surface area contributed by atoms with E-state index in [0.29, 0.717) is 5.84 Å². The van der Waals surface area contributed by atoms with E-state index in [9.17, 15) is 4.79 Å². The quantitative estimate of drug-likeness (QED) is 0.428. The van der Waals surface area contributed by atoms with Crippen LogP contribution < -0.4 is 5.32 Å². The highest BCUT2D eigenvalue weighted by Gasteiger charge is 2.23. The lowest BCUT2D eigenvalue weighted by Crippen LogP contribution is -2.18. The third kappa shape index (κ3) is 3.65. The van der Waals surface area contributed by atoms with Gasteiger partial charge in [-0.25, -0.2) is 4.99 Å². The first-order valence-corrected chi connectivity index (χ1v) is 10.3. The number of aliphatic imine (C=N–C) groups is 1. The number of nitrogens with one attached hydrogen (secondary N) is 1. The molecule has 1 saturated heterocycles. The monoisotopic (exact) mass is 411 g/mol. The number of nitrogens with zero attached hydrogens (tertiary/aromatic N) is 2. The first-order valence-electron chi connectivity index (χ1n) is 9.47. The van der Waals surface area contributed by atoms with Crippen LogP contribution in [0.25, 0.3) is 28.3 Å². The van der Waals surface area contributed by atoms with Gasteiger partial charge in [-0.05, 0) is 60.2 Å². The predicted octanol–water partition coefficient (Wildman–Crippen LogP) is 6.33. The highest BCUT2D eigenvalue weighted by atomic mass is 32.2. The second-order valence-corrected chi connectivity index (χ2v) is 7.99. The molecule has 146 valence electrons. The molecule has 0 atom stereocenters. The number of carbonyl (C=O) groups excluding carboxylic acids is 1. The van der Waals surface area contributed by atoms with Crippen molar-refractivity contribution in [3.8, 4) is 11.3 Å². The number of hydrogen-bond donors (Lipinski definition) is 1. The van der Waals surface area contributed by atoms with Gasteiger partial charge >= 0.3 is 0 Å². The third-order valence-electron chi connectivity index (χ3n) is 4.73. The first kappa shape index (κ1) is 18.4. The Morgan fingerprint density at radius 2 is 1.90 bits per heavy atom. The lowest BCUT2D eigenvalue weighted by atomic mass is 10.1. The second-order valence-electron chi connectivity index (χ2n) is 6.98. The largest absolute Gasteiger partial charge is 0.355 e. The van der Waals surface area contributed by atoms with Crippen molar-refractivity contribution in [1.29, 1.82) is 0 Å². The summed E-state index contributed by atoms with van der Waals surface area (Å²) in [6.07, 6.45) is 1.96. The number of benzene rings is 3. The molecule has 0 unspecified atom stereocenters. The van der Waals surface area contributed by atoms with Crippen molar-refractivity contribution >= 4 is 45.5 Å². The van der Waals surface area contributed by atoms with E-state index in [4.69, 9.17) is 4.52 Å². The zero-order valence-electron chi connectivity index (χ0n) is 16.1. The standard InChI is InChI=1S/C24H17N3O2S/c1-15-6-5-9-18(12-15)25-23-21(30-24(28)26-23)14-16-10-11-20-19(13-16)22(29-27-20)17-7-3-2-4-8-17/h2-14H,1H3,(H,25,26,28). The average Bonchev–Trinajstić information content (AvgIpc) is 3.31. The average molecular weight is 411 g/mol. The van der Waals surface area contributed by atoms with Crippen molar-refractivity contribution in [2.75, 3.05) is 0 Å². The minimum Gasteiger partial charge on any atom is -0.355 e. The third-order valence-corrected chi connectivity index (χ3v) is 5.55. The number of aromatic nitrogens is 1. The van der Waals surface area contributed by atoms with E-state index in [1.165, 1.54) is 0 Å². The normalized spacial score (nSPS) is 16.5. The van der Waals surface area contributed by atoms with E-state index >= 15 is 0 Å². The molecule has 1 fully saturated rings. The minimum atomic E-state index is -0.135. The zero-order chi connectivity index (χ0) is 20.5. The van der Waals surface area contributed by atoms with Gasteiger partial charge in [-0.1, -0.05) is 53.7 Å². The summed E-state index contributed by atoms with van der Waals surface area (Å²) in [4.78, 5) is 17.4. The maximum Gasteiger partial charge on any atom is 0.289 e. The maximum absolute atomic E-state index is 12.0. The van der Waals surface area contributed by atoms with Gasteiger partial charge in [0.25, 0.3) is 5.24 Å². The smallest absolute Gasteiger partial charge is 0.289 e. The van der Waals surface area contributed by atoms with Crippen LogP contribution in [0.5, 0.6) is 0 Å². The van der Waals surface area contributed by atoms with Gasteiger partial charge in [-0.2, -0.15) is 0 Å². The molecule has 0 bridgehead atoms. The fourth-order valence-electron chi connectivity index (χ4n) is 3.34. The minimum absolute atomic E-state index is 0.135. The first-order chi connectivity index (χ1) is 14.7. The Morgan fingerprint density at radius 1 is 1.03 bits per heavy atom. The number of fused-ring (bicyclic) bond motifs is 1. The van der Waals surface area contributed by atoms with Gasteiger partial charge in [0.2, 0.25) is 0 Å². The van der Waals surface area contributed by atoms with E-state index in [0.717, 1.165) is 55.7 Å². The summed E-state index contributed by atoms with van der Waals surface area (Å²) in [5, 5.41) is 7.79. The Labute approximate surface area is 177 Å². The van der Waals surface area contributed by atoms with Crippen molar-refractivity contribution in [1.82, 2.24) is 10.5 Å². The molecule has 3 aromatic carbocycles. The Bertz CT molecular complexity index is 1320. The summed E-state index contributed by atoms with van der Waals surface area (Å²) >= 11 is 1.14. The van der Waals surface area contributed by atoms with Crippen LogP contribution in [-0.2, 0) is 0 Å². The highest BCUT2D eigenvalue weighted by Crippen LogP contribution is 2.32. The van der Waals surface area contributed by atoms with Crippen LogP contribution in [0.1, 0.15) is 11.1 Å². The molecule has 1 N–H and O–H groups in total. The summed E-state index contributed by atoms with van der Waals surface area (Å²) in [5.41, 5.74) is 4.63. The maximum atomic E-state index is 12.0. The molecule has 5 rings (SSSR count). The van der Waals surface area contributed by atoms with Crippen LogP contribution in [0.15, 0.2) is 87.2 Å². The van der Waals surface area contributed by atoms with Gasteiger partial charge in [-0.15, -0.1) is 0 Å². The van der Waals surface area contributed by atoms with Crippen molar-refractivity contribution < 1.29 is 9.32 Å². The molecule has 30 heavy (non-hydrogen) atoms. The molecule has 5 nitrogen and oxygen atoms in total. The molecule has 0 saturated carbocycles. The SMILES string of the molecule is Cc1cccc(N=C2NC(=O)SC2=Cc2ccc3noc(-c4ccccc4)c3c2)c1. The Morgan fingerprint density at radius 3 is 2.73 bits per heavy atom. The van der Waals surface area contributed by atoms with Gasteiger partial charge in [0.05, 0.1) is 16.0 Å². The summed E-state index contributed by atoms with van der Waals surface area (Å²) in [5.74, 6) is 1.29. The predicted molar refractivity (Wildman–Crippen MR) is 122 cm³/mol. The molecule has 0 radical (unpaired) electrons. The number of carbonyl (C=O) groups is 1. The van der Waals surface area contributed by atoms with Crippen LogP contribution in [0, 0.1) is 6.92 Å². The molecule has 2 heterocycles. The zero-order valence-corrected chi connectivity index (χ0v) is 16.9. The molecule has 1 aliphatic heterocycles. The highest BCUT2D eigenvalue weighted by molar-refractivity contribution is 8.18. The van der Waals surface area contributed by atoms with Crippen LogP contribution in [-0.4, -0.2) is 16.2 Å². The summed E-state index contributed by atoms with van der Waals surface area (Å²) in [6, 6.07) is 23.7. The molecule has 1 aromatic heterocycles. The van der Waals surface area contributed by atoms with E-state index in [1.54, 1.807) is 0 Å². The lowest BCUT2D eigenvalue weighted by Gasteiger charge is -2.02. The van der Waals surface area contributed by atoms with Crippen molar-refractivity contribution in [3.63, 3.8) is 0 Å². The molecule has 4 aromatic rings. The molecule has 1 aliphatic rings. The van der Waals surface area contributed by atoms with Gasteiger partial charge in [0.1, 0.15) is 11.4 Å². The number of aryl methyl sites for hydroxylation is 1. The molecule has 1 amide bonds. The fourth-order valence-corrected chi connectivity index (χ4v) is 4.07. The summed E-state index contributed by atoms with van der Waals surface area (Å²) in [7, 11) is 0. The van der Waals surface area contributed by atoms with Gasteiger partial charge < -0.3 is 9.84 Å². The molecular weight excluding hydrogens is 394 g/mol. The van der Waals surface area contributed by atoms with E-state index in [-0.39, 0.29) is 5.24 Å². The summed E-state index contributed by atoms with van der Waals surface area (Å²) in [6.45, 7) is 2.01. The fraction of sp³-hybridized carbons (Fsp3) is 0.0417. The Hall–Kier alpha value is -3.64. The molecule has 0 aliphatic carbocycles. The Kier molecular flexibility index (Phi) is 4.69. The number of amides is 1. The van der Waals surface area contributed by atoms with E-state index in [1.807, 2.05) is 85.8 Å². The van der Waals surface area contributed by atoms with Gasteiger partial charge in [0, 0.05) is 5.56 Å². The van der Waals surface area contributed by atoms with E-state index in [2.05, 4.69) is 15.5 Å². The number of hydrogen-bond acceptors (Lipinski definition) is 5. The van der Waals surface area contributed by atoms with Gasteiger partial charge in [0.15, 0.2) is 5.76 Å². The molecular formula is C24H17N3O2S. The lowest BCUT2D eigenvalue weighted by molar-refractivity contribution is 0.265. The van der Waals surface area contributed by atoms with Crippen LogP contribution in [0.3, 0.4) is 0 Å². The molecule has 0 spiro atoms. The Balaban J connectivity index is 1.55. The topological polar surface area (TPSA) is 67.5 Å². The number of amidine groups is 1. The van der Waals surface area contributed by atoms with Crippen molar-refractivity contribution in [2.45, 2.75) is 6.92 Å². The van der Waals surface area contributed by atoms with Crippen LogP contribution in [0.2, 0.25) is 0 Å². The number of thioether (sulfide) groups is 1. The van der Waals surface area contributed by atoms with E-state index < -0.39 is 0 Å². The number of rotatable bonds is 3.